The second kappa shape index (κ2) is 6.35. The van der Waals surface area contributed by atoms with Gasteiger partial charge in [0.1, 0.15) is 5.82 Å². The van der Waals surface area contributed by atoms with E-state index in [0.29, 0.717) is 12.4 Å². The fraction of sp³-hybridized carbons (Fsp3) is 0.538. The van der Waals surface area contributed by atoms with E-state index in [1.54, 1.807) is 23.9 Å². The Balaban J connectivity index is 3.04. The summed E-state index contributed by atoms with van der Waals surface area (Å²) in [6, 6.07) is 3.88. The van der Waals surface area contributed by atoms with Crippen molar-refractivity contribution in [2.75, 3.05) is 39.1 Å². The Morgan fingerprint density at radius 1 is 1.33 bits per heavy atom. The van der Waals surface area contributed by atoms with Crippen LogP contribution in [-0.4, -0.2) is 50.1 Å². The fourth-order valence-electron chi connectivity index (χ4n) is 1.73. The van der Waals surface area contributed by atoms with Crippen LogP contribution >= 0.6 is 0 Å². The van der Waals surface area contributed by atoms with Gasteiger partial charge in [-0.15, -0.1) is 0 Å². The summed E-state index contributed by atoms with van der Waals surface area (Å²) in [7, 11) is 5.36. The number of aromatic nitrogens is 1. The first-order valence-electron chi connectivity index (χ1n) is 6.04. The zero-order chi connectivity index (χ0) is 13.7. The van der Waals surface area contributed by atoms with Gasteiger partial charge in [0.25, 0.3) is 0 Å². The number of hydrogen-bond acceptors (Lipinski definition) is 3. The van der Waals surface area contributed by atoms with Crippen molar-refractivity contribution in [3.63, 3.8) is 0 Å². The normalized spacial score (nSPS) is 10.3. The molecule has 1 N–H and O–H groups in total. The summed E-state index contributed by atoms with van der Waals surface area (Å²) in [5.74, 6) is 0.710. The number of likely N-dealkylation sites (N-methyl/N-ethyl adjacent to an activating group) is 1. The van der Waals surface area contributed by atoms with Crippen molar-refractivity contribution < 1.29 is 4.79 Å². The van der Waals surface area contributed by atoms with Gasteiger partial charge in [0.15, 0.2) is 0 Å². The Morgan fingerprint density at radius 2 is 2.00 bits per heavy atom. The van der Waals surface area contributed by atoms with Crippen molar-refractivity contribution >= 4 is 11.8 Å². The maximum atomic E-state index is 12.2. The first-order valence-corrected chi connectivity index (χ1v) is 6.04. The molecule has 0 unspecified atom stereocenters. The second-order valence-electron chi connectivity index (χ2n) is 4.58. The average Bonchev–Trinajstić information content (AvgIpc) is 2.27. The summed E-state index contributed by atoms with van der Waals surface area (Å²) < 4.78 is 0. The van der Waals surface area contributed by atoms with Crippen LogP contribution in [0.25, 0.3) is 0 Å². The zero-order valence-corrected chi connectivity index (χ0v) is 11.8. The molecule has 100 valence electrons. The lowest BCUT2D eigenvalue weighted by Gasteiger charge is -2.25. The molecule has 1 rings (SSSR count). The number of urea groups is 1. The van der Waals surface area contributed by atoms with Crippen LogP contribution in [0.4, 0.5) is 10.6 Å². The molecule has 0 spiro atoms. The third kappa shape index (κ3) is 3.70. The summed E-state index contributed by atoms with van der Waals surface area (Å²) in [5, 5.41) is 3.05. The molecule has 0 bridgehead atoms. The van der Waals surface area contributed by atoms with Gasteiger partial charge in [-0.3, -0.25) is 4.90 Å². The summed E-state index contributed by atoms with van der Waals surface area (Å²) >= 11 is 0. The van der Waals surface area contributed by atoms with E-state index in [1.807, 2.05) is 33.0 Å². The number of amides is 2. The second-order valence-corrected chi connectivity index (χ2v) is 4.58. The molecular weight excluding hydrogens is 228 g/mol. The lowest BCUT2D eigenvalue weighted by Crippen LogP contribution is -2.43. The van der Waals surface area contributed by atoms with Gasteiger partial charge >= 0.3 is 6.03 Å². The third-order valence-electron chi connectivity index (χ3n) is 2.56. The van der Waals surface area contributed by atoms with E-state index in [0.717, 1.165) is 17.8 Å². The van der Waals surface area contributed by atoms with Crippen molar-refractivity contribution in [3.05, 3.63) is 23.4 Å². The molecule has 1 heterocycles. The van der Waals surface area contributed by atoms with Gasteiger partial charge in [-0.25, -0.2) is 9.78 Å². The molecule has 0 aliphatic heterocycles. The highest BCUT2D eigenvalue weighted by Gasteiger charge is 2.18. The molecular formula is C13H22N4O. The molecule has 0 aliphatic rings. The van der Waals surface area contributed by atoms with Crippen molar-refractivity contribution in [3.8, 4) is 0 Å². The van der Waals surface area contributed by atoms with E-state index in [1.165, 1.54) is 0 Å². The van der Waals surface area contributed by atoms with E-state index in [4.69, 9.17) is 0 Å². The highest BCUT2D eigenvalue weighted by Crippen LogP contribution is 2.15. The van der Waals surface area contributed by atoms with E-state index < -0.39 is 0 Å². The standard InChI is InChI=1S/C13H22N4O/c1-10-8-11(2)15-12(9-10)17(7-6-14-3)13(18)16(4)5/h8-9,14H,6-7H2,1-5H3. The maximum absolute atomic E-state index is 12.2. The molecule has 1 aromatic rings. The van der Waals surface area contributed by atoms with E-state index in [-0.39, 0.29) is 6.03 Å². The minimum Gasteiger partial charge on any atom is -0.330 e. The van der Waals surface area contributed by atoms with Crippen LogP contribution in [0.1, 0.15) is 11.3 Å². The lowest BCUT2D eigenvalue weighted by molar-refractivity contribution is 0.223. The van der Waals surface area contributed by atoms with Crippen molar-refractivity contribution in [2.45, 2.75) is 13.8 Å². The largest absolute Gasteiger partial charge is 0.330 e. The van der Waals surface area contributed by atoms with E-state index in [9.17, 15) is 4.79 Å². The zero-order valence-electron chi connectivity index (χ0n) is 11.8. The molecule has 0 aromatic carbocycles. The SMILES string of the molecule is CNCCN(C(=O)N(C)C)c1cc(C)cc(C)n1. The summed E-state index contributed by atoms with van der Waals surface area (Å²) in [5.41, 5.74) is 2.03. The van der Waals surface area contributed by atoms with Crippen molar-refractivity contribution in [2.24, 2.45) is 0 Å². The number of aryl methyl sites for hydroxylation is 2. The van der Waals surface area contributed by atoms with Gasteiger partial charge in [-0.05, 0) is 38.6 Å². The number of pyridine rings is 1. The molecule has 5 nitrogen and oxygen atoms in total. The van der Waals surface area contributed by atoms with Crippen LogP contribution in [0.2, 0.25) is 0 Å². The quantitative estimate of drug-likeness (QED) is 0.879. The highest BCUT2D eigenvalue weighted by atomic mass is 16.2. The van der Waals surface area contributed by atoms with Crippen LogP contribution in [0.15, 0.2) is 12.1 Å². The van der Waals surface area contributed by atoms with Crippen LogP contribution in [0.3, 0.4) is 0 Å². The summed E-state index contributed by atoms with van der Waals surface area (Å²) in [6.45, 7) is 5.28. The van der Waals surface area contributed by atoms with Gasteiger partial charge in [0.2, 0.25) is 0 Å². The first-order chi connectivity index (χ1) is 8.45. The maximum Gasteiger partial charge on any atom is 0.325 e. The molecule has 1 aromatic heterocycles. The van der Waals surface area contributed by atoms with Gasteiger partial charge in [0, 0.05) is 32.9 Å². The Bertz CT molecular complexity index is 397. The number of anilines is 1. The molecule has 0 aliphatic carbocycles. The molecule has 0 radical (unpaired) electrons. The number of rotatable bonds is 4. The average molecular weight is 250 g/mol. The topological polar surface area (TPSA) is 48.5 Å². The lowest BCUT2D eigenvalue weighted by atomic mass is 10.2. The Labute approximate surface area is 109 Å². The van der Waals surface area contributed by atoms with Gasteiger partial charge in [-0.2, -0.15) is 0 Å². The number of carbonyl (C=O) groups excluding carboxylic acids is 1. The van der Waals surface area contributed by atoms with Gasteiger partial charge in [0.05, 0.1) is 0 Å². The minimum atomic E-state index is -0.0530. The smallest absolute Gasteiger partial charge is 0.325 e. The fourth-order valence-corrected chi connectivity index (χ4v) is 1.73. The van der Waals surface area contributed by atoms with Gasteiger partial charge in [-0.1, -0.05) is 0 Å². The predicted octanol–water partition coefficient (Wildman–Crippen LogP) is 1.41. The molecule has 0 fully saturated rings. The van der Waals surface area contributed by atoms with Crippen LogP contribution in [-0.2, 0) is 0 Å². The van der Waals surface area contributed by atoms with E-state index >= 15 is 0 Å². The number of carbonyl (C=O) groups is 1. The predicted molar refractivity (Wildman–Crippen MR) is 74.1 cm³/mol. The first kappa shape index (κ1) is 14.4. The number of nitrogens with zero attached hydrogens (tertiary/aromatic N) is 3. The molecule has 5 heteroatoms. The number of nitrogens with one attached hydrogen (secondary N) is 1. The Kier molecular flexibility index (Phi) is 5.09. The third-order valence-corrected chi connectivity index (χ3v) is 2.56. The molecule has 2 amide bonds. The summed E-state index contributed by atoms with van der Waals surface area (Å²) in [6.07, 6.45) is 0. The monoisotopic (exact) mass is 250 g/mol. The van der Waals surface area contributed by atoms with Crippen LogP contribution in [0, 0.1) is 13.8 Å². The van der Waals surface area contributed by atoms with Crippen LogP contribution in [0.5, 0.6) is 0 Å². The molecule has 0 saturated carbocycles. The van der Waals surface area contributed by atoms with Crippen molar-refractivity contribution in [1.82, 2.24) is 15.2 Å². The minimum absolute atomic E-state index is 0.0530. The Morgan fingerprint density at radius 3 is 2.50 bits per heavy atom. The molecule has 0 saturated heterocycles. The molecule has 0 atom stereocenters. The highest BCUT2D eigenvalue weighted by molar-refractivity contribution is 5.90. The van der Waals surface area contributed by atoms with Crippen LogP contribution < -0.4 is 10.2 Å². The Hall–Kier alpha value is -1.62. The number of hydrogen-bond donors (Lipinski definition) is 1. The van der Waals surface area contributed by atoms with E-state index in [2.05, 4.69) is 10.3 Å². The molecule has 18 heavy (non-hydrogen) atoms. The van der Waals surface area contributed by atoms with Gasteiger partial charge < -0.3 is 10.2 Å². The summed E-state index contributed by atoms with van der Waals surface area (Å²) in [4.78, 5) is 19.9. The van der Waals surface area contributed by atoms with Crippen molar-refractivity contribution in [1.29, 1.82) is 0 Å².